The quantitative estimate of drug-likeness (QED) is 0.655. The lowest BCUT2D eigenvalue weighted by Gasteiger charge is -2.24. The van der Waals surface area contributed by atoms with Gasteiger partial charge < -0.3 is 9.22 Å². The summed E-state index contributed by atoms with van der Waals surface area (Å²) in [6.45, 7) is 2.28. The number of ether oxygens (including phenoxy) is 1. The number of hydrogen-bond acceptors (Lipinski definition) is 1. The van der Waals surface area contributed by atoms with Gasteiger partial charge in [-0.1, -0.05) is 35.9 Å². The number of hydrogen-bond donors (Lipinski definition) is 0. The number of halogens is 1. The van der Waals surface area contributed by atoms with Crippen molar-refractivity contribution in [2.75, 3.05) is 27.2 Å². The SMILES string of the molecule is C[N+]1(C)CC2c3ccccc3Oc3cc(Cl)ccc3C2C1. The molecule has 2 aromatic carbocycles. The van der Waals surface area contributed by atoms with Crippen LogP contribution in [0.5, 0.6) is 11.5 Å². The van der Waals surface area contributed by atoms with Gasteiger partial charge in [-0.05, 0) is 18.2 Å². The van der Waals surface area contributed by atoms with Crippen LogP contribution in [0.4, 0.5) is 0 Å². The third kappa shape index (κ3) is 2.14. The molecule has 4 rings (SSSR count). The number of rotatable bonds is 0. The Labute approximate surface area is 130 Å². The molecule has 21 heavy (non-hydrogen) atoms. The zero-order chi connectivity index (χ0) is 14.6. The second-order valence-corrected chi connectivity index (χ2v) is 7.27. The molecular weight excluding hydrogens is 282 g/mol. The zero-order valence-electron chi connectivity index (χ0n) is 12.3. The lowest BCUT2D eigenvalue weighted by atomic mass is 9.84. The van der Waals surface area contributed by atoms with Gasteiger partial charge in [-0.15, -0.1) is 0 Å². The second-order valence-electron chi connectivity index (χ2n) is 6.84. The molecule has 0 amide bonds. The average molecular weight is 301 g/mol. The summed E-state index contributed by atoms with van der Waals surface area (Å²) < 4.78 is 7.24. The first-order valence-corrected chi connectivity index (χ1v) is 7.79. The Morgan fingerprint density at radius 2 is 1.62 bits per heavy atom. The van der Waals surface area contributed by atoms with E-state index in [1.54, 1.807) is 0 Å². The van der Waals surface area contributed by atoms with Gasteiger partial charge in [0.1, 0.15) is 11.5 Å². The molecule has 2 heterocycles. The molecule has 2 aliphatic rings. The van der Waals surface area contributed by atoms with E-state index in [1.165, 1.54) is 11.1 Å². The molecule has 0 saturated carbocycles. The number of nitrogens with zero attached hydrogens (tertiary/aromatic N) is 1. The summed E-state index contributed by atoms with van der Waals surface area (Å²) in [5.41, 5.74) is 2.63. The van der Waals surface area contributed by atoms with Gasteiger partial charge in [0, 0.05) is 28.0 Å². The summed E-state index contributed by atoms with van der Waals surface area (Å²) in [6.07, 6.45) is 0. The molecule has 0 spiro atoms. The summed E-state index contributed by atoms with van der Waals surface area (Å²) in [5, 5.41) is 0.733. The normalized spacial score (nSPS) is 25.3. The highest BCUT2D eigenvalue weighted by molar-refractivity contribution is 6.30. The zero-order valence-corrected chi connectivity index (χ0v) is 13.1. The smallest absolute Gasteiger partial charge is 0.132 e. The number of para-hydroxylation sites is 1. The number of likely N-dealkylation sites (N-methyl/N-ethyl adjacent to an activating group) is 1. The fourth-order valence-electron chi connectivity index (χ4n) is 3.93. The predicted octanol–water partition coefficient (Wildman–Crippen LogP) is 4.40. The lowest BCUT2D eigenvalue weighted by molar-refractivity contribution is -0.879. The van der Waals surface area contributed by atoms with Crippen LogP contribution in [0.2, 0.25) is 5.02 Å². The molecule has 0 aliphatic carbocycles. The van der Waals surface area contributed by atoms with Crippen LogP contribution >= 0.6 is 11.6 Å². The molecule has 1 saturated heterocycles. The van der Waals surface area contributed by atoms with E-state index in [4.69, 9.17) is 16.3 Å². The fourth-order valence-corrected chi connectivity index (χ4v) is 4.09. The summed E-state index contributed by atoms with van der Waals surface area (Å²) in [7, 11) is 4.63. The fraction of sp³-hybridized carbons (Fsp3) is 0.333. The van der Waals surface area contributed by atoms with E-state index < -0.39 is 0 Å². The van der Waals surface area contributed by atoms with Crippen LogP contribution in [0.25, 0.3) is 0 Å². The van der Waals surface area contributed by atoms with E-state index in [2.05, 4.69) is 38.4 Å². The minimum absolute atomic E-state index is 0.496. The highest BCUT2D eigenvalue weighted by atomic mass is 35.5. The third-order valence-corrected chi connectivity index (χ3v) is 5.02. The molecule has 0 N–H and O–H groups in total. The number of likely N-dealkylation sites (tertiary alicyclic amines) is 1. The Hall–Kier alpha value is -1.51. The molecule has 2 unspecified atom stereocenters. The number of quaternary nitrogens is 1. The highest BCUT2D eigenvalue weighted by Crippen LogP contribution is 2.51. The second kappa shape index (κ2) is 4.49. The van der Waals surface area contributed by atoms with E-state index in [9.17, 15) is 0 Å². The van der Waals surface area contributed by atoms with Crippen LogP contribution in [0, 0.1) is 0 Å². The molecule has 2 atom stereocenters. The van der Waals surface area contributed by atoms with Crippen molar-refractivity contribution < 1.29 is 9.22 Å². The topological polar surface area (TPSA) is 9.23 Å². The Balaban J connectivity index is 1.94. The average Bonchev–Trinajstić information content (AvgIpc) is 2.69. The van der Waals surface area contributed by atoms with Gasteiger partial charge in [0.05, 0.1) is 27.2 Å². The Bertz CT molecular complexity index is 710. The molecule has 2 nitrogen and oxygen atoms in total. The van der Waals surface area contributed by atoms with Crippen LogP contribution in [-0.4, -0.2) is 31.7 Å². The molecule has 0 bridgehead atoms. The Morgan fingerprint density at radius 1 is 0.952 bits per heavy atom. The predicted molar refractivity (Wildman–Crippen MR) is 85.3 cm³/mol. The van der Waals surface area contributed by atoms with E-state index in [1.807, 2.05) is 18.2 Å². The molecule has 0 radical (unpaired) electrons. The Kier molecular flexibility index (Phi) is 2.82. The van der Waals surface area contributed by atoms with Crippen LogP contribution < -0.4 is 4.74 Å². The lowest BCUT2D eigenvalue weighted by Crippen LogP contribution is -2.36. The van der Waals surface area contributed by atoms with Crippen LogP contribution in [0.15, 0.2) is 42.5 Å². The van der Waals surface area contributed by atoms with Gasteiger partial charge in [-0.3, -0.25) is 0 Å². The van der Waals surface area contributed by atoms with Crippen molar-refractivity contribution in [2.24, 2.45) is 0 Å². The van der Waals surface area contributed by atoms with Gasteiger partial charge in [0.15, 0.2) is 0 Å². The molecular formula is C18H19ClNO+. The minimum Gasteiger partial charge on any atom is -0.457 e. The van der Waals surface area contributed by atoms with Crippen molar-refractivity contribution in [3.63, 3.8) is 0 Å². The Morgan fingerprint density at radius 3 is 2.38 bits per heavy atom. The van der Waals surface area contributed by atoms with Crippen molar-refractivity contribution in [1.29, 1.82) is 0 Å². The first kappa shape index (κ1) is 13.2. The number of fused-ring (bicyclic) bond motifs is 5. The van der Waals surface area contributed by atoms with E-state index in [-0.39, 0.29) is 0 Å². The maximum Gasteiger partial charge on any atom is 0.132 e. The third-order valence-electron chi connectivity index (χ3n) is 4.78. The van der Waals surface area contributed by atoms with E-state index >= 15 is 0 Å². The standard InChI is InChI=1S/C18H19ClNO/c1-20(2)10-15-13-5-3-4-6-17(13)21-18-9-12(19)7-8-14(18)16(15)11-20/h3-9,15-16H,10-11H2,1-2H3/q+1. The monoisotopic (exact) mass is 300 g/mol. The summed E-state index contributed by atoms with van der Waals surface area (Å²) >= 11 is 6.17. The summed E-state index contributed by atoms with van der Waals surface area (Å²) in [6, 6.07) is 14.5. The van der Waals surface area contributed by atoms with Gasteiger partial charge in [-0.2, -0.15) is 0 Å². The minimum atomic E-state index is 0.496. The van der Waals surface area contributed by atoms with Crippen molar-refractivity contribution >= 4 is 11.6 Å². The van der Waals surface area contributed by atoms with Crippen LogP contribution in [-0.2, 0) is 0 Å². The van der Waals surface area contributed by atoms with E-state index in [0.29, 0.717) is 11.8 Å². The largest absolute Gasteiger partial charge is 0.457 e. The molecule has 2 aliphatic heterocycles. The first-order chi connectivity index (χ1) is 10.0. The molecule has 1 fully saturated rings. The van der Waals surface area contributed by atoms with Crippen molar-refractivity contribution in [1.82, 2.24) is 0 Å². The molecule has 108 valence electrons. The van der Waals surface area contributed by atoms with Gasteiger partial charge in [0.25, 0.3) is 0 Å². The van der Waals surface area contributed by atoms with Crippen LogP contribution in [0.1, 0.15) is 23.0 Å². The summed E-state index contributed by atoms with van der Waals surface area (Å²) in [4.78, 5) is 0. The van der Waals surface area contributed by atoms with Crippen molar-refractivity contribution in [3.05, 3.63) is 58.6 Å². The first-order valence-electron chi connectivity index (χ1n) is 7.42. The van der Waals surface area contributed by atoms with Gasteiger partial charge in [-0.25, -0.2) is 0 Å². The van der Waals surface area contributed by atoms with E-state index in [0.717, 1.165) is 34.1 Å². The molecule has 3 heteroatoms. The van der Waals surface area contributed by atoms with Crippen molar-refractivity contribution in [2.45, 2.75) is 11.8 Å². The molecule has 0 aromatic heterocycles. The van der Waals surface area contributed by atoms with Gasteiger partial charge >= 0.3 is 0 Å². The maximum absolute atomic E-state index is 6.20. The number of benzene rings is 2. The van der Waals surface area contributed by atoms with Crippen molar-refractivity contribution in [3.8, 4) is 11.5 Å². The highest BCUT2D eigenvalue weighted by Gasteiger charge is 2.45. The van der Waals surface area contributed by atoms with Crippen LogP contribution in [0.3, 0.4) is 0 Å². The van der Waals surface area contributed by atoms with Gasteiger partial charge in [0.2, 0.25) is 0 Å². The maximum atomic E-state index is 6.20. The molecule has 2 aromatic rings. The summed E-state index contributed by atoms with van der Waals surface area (Å²) in [5.74, 6) is 2.91.